The van der Waals surface area contributed by atoms with Crippen LogP contribution in [0.15, 0.2) is 47.2 Å². The van der Waals surface area contributed by atoms with Gasteiger partial charge in [-0.15, -0.1) is 0 Å². The van der Waals surface area contributed by atoms with E-state index in [0.29, 0.717) is 28.3 Å². The van der Waals surface area contributed by atoms with Crippen molar-refractivity contribution in [2.75, 3.05) is 0 Å². The molecule has 1 saturated carbocycles. The largest absolute Gasteiger partial charge is 0.423 e. The zero-order valence-electron chi connectivity index (χ0n) is 11.2. The normalized spacial score (nSPS) is 14.3. The van der Waals surface area contributed by atoms with Gasteiger partial charge in [0.05, 0.1) is 17.1 Å². The van der Waals surface area contributed by atoms with Gasteiger partial charge in [-0.1, -0.05) is 17.3 Å². The number of nitrogens with zero attached hydrogens (tertiary/aromatic N) is 2. The molecule has 0 unspecified atom stereocenters. The Morgan fingerprint density at radius 3 is 2.76 bits per heavy atom. The molecular weight excluding hydrogens is 268 g/mol. The summed E-state index contributed by atoms with van der Waals surface area (Å²) in [5.41, 5.74) is 2.03. The molecule has 0 aliphatic heterocycles. The predicted octanol–water partition coefficient (Wildman–Crippen LogP) is 3.32. The molecular formula is C16H12N2O3. The van der Waals surface area contributed by atoms with Gasteiger partial charge in [-0.2, -0.15) is 0 Å². The van der Waals surface area contributed by atoms with Gasteiger partial charge in [-0.25, -0.2) is 9.78 Å². The third-order valence-electron chi connectivity index (χ3n) is 3.63. The first kappa shape index (κ1) is 12.1. The lowest BCUT2D eigenvalue weighted by molar-refractivity contribution is 0.0736. The number of benzene rings is 1. The number of ether oxygens (including phenoxy) is 1. The molecule has 1 aromatic carbocycles. The first-order valence-electron chi connectivity index (χ1n) is 6.83. The molecule has 21 heavy (non-hydrogen) atoms. The van der Waals surface area contributed by atoms with E-state index >= 15 is 0 Å². The molecule has 5 heteroatoms. The Balaban J connectivity index is 1.58. The van der Waals surface area contributed by atoms with Crippen LogP contribution in [0.5, 0.6) is 5.75 Å². The van der Waals surface area contributed by atoms with Crippen LogP contribution in [-0.2, 0) is 0 Å². The Kier molecular flexibility index (Phi) is 2.70. The minimum Gasteiger partial charge on any atom is -0.423 e. The third-order valence-corrected chi connectivity index (χ3v) is 3.63. The van der Waals surface area contributed by atoms with E-state index in [1.807, 2.05) is 24.3 Å². The average molecular weight is 280 g/mol. The monoisotopic (exact) mass is 280 g/mol. The first-order valence-corrected chi connectivity index (χ1v) is 6.83. The number of carbonyl (C=O) groups is 1. The van der Waals surface area contributed by atoms with Crippen molar-refractivity contribution in [3.8, 4) is 5.75 Å². The molecule has 0 bridgehead atoms. The molecule has 2 heterocycles. The van der Waals surface area contributed by atoms with E-state index in [9.17, 15) is 4.79 Å². The number of rotatable bonds is 3. The van der Waals surface area contributed by atoms with Crippen LogP contribution in [0, 0.1) is 0 Å². The molecule has 0 radical (unpaired) electrons. The van der Waals surface area contributed by atoms with E-state index in [2.05, 4.69) is 10.1 Å². The lowest BCUT2D eigenvalue weighted by Gasteiger charge is -2.05. The highest BCUT2D eigenvalue weighted by atomic mass is 16.5. The van der Waals surface area contributed by atoms with Crippen LogP contribution in [0.4, 0.5) is 0 Å². The fraction of sp³-hybridized carbons (Fsp3) is 0.188. The molecule has 1 fully saturated rings. The second-order valence-electron chi connectivity index (χ2n) is 5.14. The summed E-state index contributed by atoms with van der Waals surface area (Å²) in [5, 5.41) is 4.20. The van der Waals surface area contributed by atoms with Crippen LogP contribution in [0.3, 0.4) is 0 Å². The molecule has 104 valence electrons. The number of pyridine rings is 1. The highest BCUT2D eigenvalue weighted by Crippen LogP contribution is 2.40. The summed E-state index contributed by atoms with van der Waals surface area (Å²) >= 11 is 0. The van der Waals surface area contributed by atoms with Crippen LogP contribution >= 0.6 is 0 Å². The van der Waals surface area contributed by atoms with Crippen molar-refractivity contribution in [2.45, 2.75) is 18.8 Å². The van der Waals surface area contributed by atoms with Crippen molar-refractivity contribution >= 4 is 17.1 Å². The topological polar surface area (TPSA) is 65.2 Å². The minimum atomic E-state index is -0.440. The first-order chi connectivity index (χ1) is 10.3. The van der Waals surface area contributed by atoms with E-state index in [1.165, 1.54) is 30.8 Å². The molecule has 0 saturated heterocycles. The number of carbonyl (C=O) groups excluding carboxylic acids is 1. The Labute approximate surface area is 120 Å². The van der Waals surface area contributed by atoms with Gasteiger partial charge < -0.3 is 9.26 Å². The van der Waals surface area contributed by atoms with Crippen molar-refractivity contribution < 1.29 is 14.1 Å². The molecule has 2 aromatic heterocycles. The van der Waals surface area contributed by atoms with Gasteiger partial charge >= 0.3 is 5.97 Å². The maximum Gasteiger partial charge on any atom is 0.344 e. The smallest absolute Gasteiger partial charge is 0.344 e. The summed E-state index contributed by atoms with van der Waals surface area (Å²) in [5.74, 6) is 0.780. The molecule has 1 aliphatic rings. The summed E-state index contributed by atoms with van der Waals surface area (Å²) in [6.45, 7) is 0. The lowest BCUT2D eigenvalue weighted by Crippen LogP contribution is -2.09. The zero-order chi connectivity index (χ0) is 14.2. The van der Waals surface area contributed by atoms with Gasteiger partial charge in [-0.3, -0.25) is 0 Å². The van der Waals surface area contributed by atoms with E-state index < -0.39 is 5.97 Å². The van der Waals surface area contributed by atoms with Crippen molar-refractivity contribution in [1.29, 1.82) is 0 Å². The second-order valence-corrected chi connectivity index (χ2v) is 5.14. The molecule has 3 aromatic rings. The van der Waals surface area contributed by atoms with E-state index in [1.54, 1.807) is 6.07 Å². The second kappa shape index (κ2) is 4.70. The minimum absolute atomic E-state index is 0.327. The van der Waals surface area contributed by atoms with E-state index in [4.69, 9.17) is 9.26 Å². The number of aromatic nitrogens is 2. The molecule has 1 aliphatic carbocycles. The Morgan fingerprint density at radius 2 is 2.00 bits per heavy atom. The van der Waals surface area contributed by atoms with Crippen molar-refractivity contribution in [2.24, 2.45) is 0 Å². The molecule has 0 atom stereocenters. The van der Waals surface area contributed by atoms with Crippen molar-refractivity contribution in [1.82, 2.24) is 10.1 Å². The summed E-state index contributed by atoms with van der Waals surface area (Å²) < 4.78 is 10.3. The fourth-order valence-electron chi connectivity index (χ4n) is 2.35. The highest BCUT2D eigenvalue weighted by molar-refractivity contribution is 6.02. The Morgan fingerprint density at radius 1 is 1.19 bits per heavy atom. The van der Waals surface area contributed by atoms with Crippen LogP contribution in [0.25, 0.3) is 11.1 Å². The van der Waals surface area contributed by atoms with Gasteiger partial charge in [0, 0.05) is 6.20 Å². The van der Waals surface area contributed by atoms with Gasteiger partial charge in [0.25, 0.3) is 5.71 Å². The maximum atomic E-state index is 12.2. The fourth-order valence-corrected chi connectivity index (χ4v) is 2.35. The van der Waals surface area contributed by atoms with Crippen LogP contribution < -0.4 is 4.74 Å². The molecule has 5 nitrogen and oxygen atoms in total. The van der Waals surface area contributed by atoms with E-state index in [0.717, 1.165) is 0 Å². The van der Waals surface area contributed by atoms with Crippen LogP contribution in [0.2, 0.25) is 0 Å². The predicted molar refractivity (Wildman–Crippen MR) is 75.2 cm³/mol. The summed E-state index contributed by atoms with van der Waals surface area (Å²) in [4.78, 5) is 16.2. The van der Waals surface area contributed by atoms with Gasteiger partial charge in [0.1, 0.15) is 5.75 Å². The van der Waals surface area contributed by atoms with Crippen LogP contribution in [-0.4, -0.2) is 16.1 Å². The van der Waals surface area contributed by atoms with Crippen molar-refractivity contribution in [3.05, 3.63) is 53.9 Å². The summed E-state index contributed by atoms with van der Waals surface area (Å²) in [6.07, 6.45) is 5.47. The van der Waals surface area contributed by atoms with Gasteiger partial charge in [-0.05, 0) is 42.5 Å². The number of esters is 1. The SMILES string of the molecule is O=C(Oc1ccc(C2CC2)cc1)c1ccnc2oncc12. The molecule has 0 N–H and O–H groups in total. The Hall–Kier alpha value is -2.69. The maximum absolute atomic E-state index is 12.2. The molecule has 4 rings (SSSR count). The zero-order valence-corrected chi connectivity index (χ0v) is 11.2. The Bertz CT molecular complexity index is 804. The lowest BCUT2D eigenvalue weighted by atomic mass is 10.1. The average Bonchev–Trinajstić information content (AvgIpc) is 3.24. The standard InChI is InChI=1S/C16H12N2O3/c19-16(13-7-8-17-15-14(13)9-18-21-15)20-12-5-3-11(4-6-12)10-1-2-10/h3-10H,1-2H2. The number of fused-ring (bicyclic) bond motifs is 1. The summed E-state index contributed by atoms with van der Waals surface area (Å²) in [6, 6.07) is 9.29. The molecule has 0 spiro atoms. The van der Waals surface area contributed by atoms with Crippen molar-refractivity contribution in [3.63, 3.8) is 0 Å². The van der Waals surface area contributed by atoms with Crippen LogP contribution in [0.1, 0.15) is 34.7 Å². The third kappa shape index (κ3) is 2.27. The number of hydrogen-bond donors (Lipinski definition) is 0. The molecule has 0 amide bonds. The quantitative estimate of drug-likeness (QED) is 0.544. The van der Waals surface area contributed by atoms with E-state index in [-0.39, 0.29) is 0 Å². The highest BCUT2D eigenvalue weighted by Gasteiger charge is 2.23. The van der Waals surface area contributed by atoms with Gasteiger partial charge in [0.15, 0.2) is 0 Å². The van der Waals surface area contributed by atoms with Gasteiger partial charge in [0.2, 0.25) is 0 Å². The summed E-state index contributed by atoms with van der Waals surface area (Å²) in [7, 11) is 0. The number of hydrogen-bond acceptors (Lipinski definition) is 5.